The fourth-order valence-corrected chi connectivity index (χ4v) is 8.03. The van der Waals surface area contributed by atoms with E-state index >= 15 is 0 Å². The van der Waals surface area contributed by atoms with E-state index in [1.807, 2.05) is 6.92 Å². The van der Waals surface area contributed by atoms with Crippen molar-refractivity contribution in [2.45, 2.75) is 232 Å². The maximum Gasteiger partial charge on any atom is 0.472 e. The second-order valence-electron chi connectivity index (χ2n) is 16.8. The van der Waals surface area contributed by atoms with Crippen molar-refractivity contribution < 1.29 is 80.2 Å². The molecule has 0 aliphatic rings. The van der Waals surface area contributed by atoms with Crippen LogP contribution in [0.1, 0.15) is 214 Å². The fraction of sp³-hybridized carbons (Fsp3) is 0.913. The third-order valence-corrected chi connectivity index (χ3v) is 12.3. The van der Waals surface area contributed by atoms with E-state index in [-0.39, 0.29) is 25.7 Å². The Morgan fingerprint density at radius 2 is 0.615 bits per heavy atom. The predicted octanol–water partition coefficient (Wildman–Crippen LogP) is 10.9. The minimum absolute atomic E-state index is 0.0986. The molecule has 0 heterocycles. The molecule has 0 saturated carbocycles. The lowest BCUT2D eigenvalue weighted by molar-refractivity contribution is -0.161. The summed E-state index contributed by atoms with van der Waals surface area (Å²) in [6, 6.07) is 0. The zero-order valence-corrected chi connectivity index (χ0v) is 42.2. The maximum absolute atomic E-state index is 12.7. The number of aliphatic hydroxyl groups excluding tert-OH is 1. The van der Waals surface area contributed by atoms with Crippen molar-refractivity contribution in [2.24, 2.45) is 0 Å². The maximum atomic E-state index is 12.7. The van der Waals surface area contributed by atoms with Crippen molar-refractivity contribution in [3.8, 4) is 0 Å². The minimum Gasteiger partial charge on any atom is -0.462 e. The number of rotatable bonds is 47. The zero-order chi connectivity index (χ0) is 48.4. The van der Waals surface area contributed by atoms with Gasteiger partial charge in [0.15, 0.2) is 12.2 Å². The third kappa shape index (κ3) is 41.9. The molecular formula is C46H88O17P2. The van der Waals surface area contributed by atoms with Crippen LogP contribution in [0, 0.1) is 0 Å². The summed E-state index contributed by atoms with van der Waals surface area (Å²) in [5.41, 5.74) is 0. The number of phosphoric acid groups is 2. The smallest absolute Gasteiger partial charge is 0.462 e. The molecule has 0 spiro atoms. The highest BCUT2D eigenvalue weighted by Gasteiger charge is 2.30. The van der Waals surface area contributed by atoms with Crippen LogP contribution in [0.3, 0.4) is 0 Å². The second-order valence-corrected chi connectivity index (χ2v) is 19.7. The largest absolute Gasteiger partial charge is 0.472 e. The lowest BCUT2D eigenvalue weighted by Gasteiger charge is -2.21. The van der Waals surface area contributed by atoms with Gasteiger partial charge in [-0.05, 0) is 25.7 Å². The topological polar surface area (TPSA) is 237 Å². The van der Waals surface area contributed by atoms with Crippen molar-refractivity contribution >= 4 is 39.5 Å². The van der Waals surface area contributed by atoms with Gasteiger partial charge in [-0.15, -0.1) is 0 Å². The predicted molar refractivity (Wildman–Crippen MR) is 248 cm³/mol. The molecule has 0 aliphatic carbocycles. The van der Waals surface area contributed by atoms with Gasteiger partial charge in [0.05, 0.1) is 26.4 Å². The molecule has 17 nitrogen and oxygen atoms in total. The molecular weight excluding hydrogens is 886 g/mol. The lowest BCUT2D eigenvalue weighted by Crippen LogP contribution is -2.30. The van der Waals surface area contributed by atoms with Crippen molar-refractivity contribution in [3.63, 3.8) is 0 Å². The molecule has 2 unspecified atom stereocenters. The first kappa shape index (κ1) is 63.1. The molecule has 0 radical (unpaired) electrons. The van der Waals surface area contributed by atoms with Crippen molar-refractivity contribution in [3.05, 3.63) is 0 Å². The zero-order valence-electron chi connectivity index (χ0n) is 40.4. The van der Waals surface area contributed by atoms with Crippen LogP contribution in [0.15, 0.2) is 0 Å². The van der Waals surface area contributed by atoms with Gasteiger partial charge in [-0.3, -0.25) is 37.3 Å². The third-order valence-electron chi connectivity index (χ3n) is 10.4. The molecule has 384 valence electrons. The number of aliphatic hydroxyl groups is 1. The summed E-state index contributed by atoms with van der Waals surface area (Å²) in [4.78, 5) is 70.5. The number of hydrogen-bond acceptors (Lipinski definition) is 15. The standard InChI is InChI=1S/C46H88O17P2/c1-5-9-13-17-18-19-20-21-22-25-29-33-46(51)63-41(36-56-43(48)30-26-16-12-8-4)38-60-64(52,53)58-34-40(47)35-59-65(54,55)61-39-42(62-45(50)32-28-24-15-11-7-3)37-57-44(49)31-27-23-14-10-6-2/h40-42,47H,5-39H2,1-4H3,(H,52,53)(H,54,55)/t40-,41+,42+/m0/s1. The summed E-state index contributed by atoms with van der Waals surface area (Å²) < 4.78 is 66.5. The quantitative estimate of drug-likeness (QED) is 0.0222. The van der Waals surface area contributed by atoms with E-state index in [1.165, 1.54) is 38.5 Å². The summed E-state index contributed by atoms with van der Waals surface area (Å²) >= 11 is 0. The Balaban J connectivity index is 5.07. The van der Waals surface area contributed by atoms with Gasteiger partial charge in [0.1, 0.15) is 19.3 Å². The summed E-state index contributed by atoms with van der Waals surface area (Å²) in [5, 5.41) is 10.3. The highest BCUT2D eigenvalue weighted by atomic mass is 31.2. The van der Waals surface area contributed by atoms with Crippen LogP contribution in [-0.2, 0) is 65.4 Å². The van der Waals surface area contributed by atoms with Gasteiger partial charge in [0.25, 0.3) is 0 Å². The van der Waals surface area contributed by atoms with Gasteiger partial charge < -0.3 is 33.8 Å². The molecule has 0 bridgehead atoms. The first-order chi connectivity index (χ1) is 31.2. The fourth-order valence-electron chi connectivity index (χ4n) is 6.45. The summed E-state index contributed by atoms with van der Waals surface area (Å²) in [6.45, 7) is 4.44. The molecule has 0 aromatic carbocycles. The Morgan fingerprint density at radius 3 is 0.923 bits per heavy atom. The number of hydrogen-bond donors (Lipinski definition) is 3. The van der Waals surface area contributed by atoms with Crippen LogP contribution in [0.25, 0.3) is 0 Å². The molecule has 5 atom stereocenters. The molecule has 3 N–H and O–H groups in total. The average Bonchev–Trinajstić information content (AvgIpc) is 3.27. The molecule has 0 saturated heterocycles. The van der Waals surface area contributed by atoms with E-state index in [0.29, 0.717) is 25.7 Å². The lowest BCUT2D eigenvalue weighted by atomic mass is 10.1. The Morgan fingerprint density at radius 1 is 0.369 bits per heavy atom. The summed E-state index contributed by atoms with van der Waals surface area (Å²) in [7, 11) is -9.82. The van der Waals surface area contributed by atoms with E-state index in [9.17, 15) is 43.2 Å². The van der Waals surface area contributed by atoms with Gasteiger partial charge in [0, 0.05) is 25.7 Å². The molecule has 0 amide bonds. The number of ether oxygens (including phenoxy) is 4. The SMILES string of the molecule is CCCCCCCCCCCCCC(=O)O[C@H](COC(=O)CCCCCC)COP(=O)(O)OC[C@H](O)COP(=O)(O)OC[C@@H](COC(=O)CCCCCCC)OC(=O)CCCCCCC. The monoisotopic (exact) mass is 975 g/mol. The number of esters is 4. The van der Waals surface area contributed by atoms with E-state index in [2.05, 4.69) is 20.8 Å². The number of phosphoric ester groups is 2. The van der Waals surface area contributed by atoms with Crippen LogP contribution in [0.5, 0.6) is 0 Å². The number of carbonyl (C=O) groups excluding carboxylic acids is 4. The Bertz CT molecular complexity index is 1300. The van der Waals surface area contributed by atoms with Crippen molar-refractivity contribution in [2.75, 3.05) is 39.6 Å². The van der Waals surface area contributed by atoms with E-state index in [1.54, 1.807) is 0 Å². The van der Waals surface area contributed by atoms with Crippen molar-refractivity contribution in [1.82, 2.24) is 0 Å². The molecule has 0 aromatic rings. The van der Waals surface area contributed by atoms with Gasteiger partial charge >= 0.3 is 39.5 Å². The normalized spacial score (nSPS) is 14.8. The molecule has 0 rings (SSSR count). The van der Waals surface area contributed by atoms with Crippen LogP contribution in [0.4, 0.5) is 0 Å². The van der Waals surface area contributed by atoms with E-state index < -0.39 is 97.5 Å². The van der Waals surface area contributed by atoms with Gasteiger partial charge in [-0.1, -0.05) is 163 Å². The van der Waals surface area contributed by atoms with E-state index in [0.717, 1.165) is 96.3 Å². The minimum atomic E-state index is -4.91. The average molecular weight is 975 g/mol. The highest BCUT2D eigenvalue weighted by molar-refractivity contribution is 7.47. The molecule has 65 heavy (non-hydrogen) atoms. The molecule has 19 heteroatoms. The van der Waals surface area contributed by atoms with Gasteiger partial charge in [-0.2, -0.15) is 0 Å². The van der Waals surface area contributed by atoms with Crippen LogP contribution in [-0.4, -0.2) is 96.7 Å². The summed E-state index contributed by atoms with van der Waals surface area (Å²) in [5.74, 6) is -2.20. The second kappa shape index (κ2) is 42.2. The number of unbranched alkanes of at least 4 members (excludes halogenated alkanes) is 21. The Hall–Kier alpha value is -1.94. The summed E-state index contributed by atoms with van der Waals surface area (Å²) in [6.07, 6.45) is 21.0. The number of carbonyl (C=O) groups is 4. The highest BCUT2D eigenvalue weighted by Crippen LogP contribution is 2.45. The Kier molecular flexibility index (Phi) is 40.9. The molecule has 0 fully saturated rings. The van der Waals surface area contributed by atoms with Crippen LogP contribution in [0.2, 0.25) is 0 Å². The molecule has 0 aliphatic heterocycles. The van der Waals surface area contributed by atoms with Gasteiger partial charge in [0.2, 0.25) is 0 Å². The van der Waals surface area contributed by atoms with Gasteiger partial charge in [-0.25, -0.2) is 9.13 Å². The van der Waals surface area contributed by atoms with Crippen LogP contribution < -0.4 is 0 Å². The Labute approximate surface area is 390 Å². The van der Waals surface area contributed by atoms with E-state index in [4.69, 9.17) is 37.0 Å². The van der Waals surface area contributed by atoms with Crippen LogP contribution >= 0.6 is 15.6 Å². The first-order valence-corrected chi connectivity index (χ1v) is 27.8. The van der Waals surface area contributed by atoms with Crippen molar-refractivity contribution in [1.29, 1.82) is 0 Å². The molecule has 0 aromatic heterocycles. The first-order valence-electron chi connectivity index (χ1n) is 24.8.